The molecule has 0 fully saturated rings. The molecule has 0 aliphatic heterocycles. The fourth-order valence-electron chi connectivity index (χ4n) is 2.81. The van der Waals surface area contributed by atoms with Gasteiger partial charge in [-0.1, -0.05) is 46.3 Å². The zero-order valence-electron chi connectivity index (χ0n) is 12.8. The Morgan fingerprint density at radius 2 is 2.00 bits per heavy atom. The Morgan fingerprint density at radius 3 is 2.88 bits per heavy atom. The molecule has 0 saturated heterocycles. The monoisotopic (exact) mass is 399 g/mol. The summed E-state index contributed by atoms with van der Waals surface area (Å²) in [5.74, 6) is 0. The lowest BCUT2D eigenvalue weighted by atomic mass is 10.0. The van der Waals surface area contributed by atoms with Crippen LogP contribution < -0.4 is 5.63 Å². The Labute approximate surface area is 151 Å². The van der Waals surface area contributed by atoms with Crippen LogP contribution in [0, 0.1) is 0 Å². The molecule has 2 aromatic carbocycles. The Hall–Kier alpha value is -1.98. The lowest BCUT2D eigenvalue weighted by Gasteiger charge is -2.04. The molecule has 5 heteroatoms. The van der Waals surface area contributed by atoms with E-state index in [1.165, 1.54) is 11.3 Å². The molecule has 0 aliphatic carbocycles. The molecule has 0 N–H and O–H groups in total. The average molecular weight is 400 g/mol. The fraction of sp³-hybridized carbons (Fsp3) is 0.158. The molecule has 24 heavy (non-hydrogen) atoms. The first kappa shape index (κ1) is 15.5. The van der Waals surface area contributed by atoms with Crippen molar-refractivity contribution in [2.75, 3.05) is 5.33 Å². The molecule has 120 valence electrons. The third-order valence-electron chi connectivity index (χ3n) is 3.99. The fourth-order valence-corrected chi connectivity index (χ4v) is 3.95. The second kappa shape index (κ2) is 6.49. The van der Waals surface area contributed by atoms with E-state index in [1.54, 1.807) is 0 Å². The summed E-state index contributed by atoms with van der Waals surface area (Å²) in [7, 11) is 0. The molecule has 0 aliphatic rings. The molecule has 0 spiro atoms. The summed E-state index contributed by atoms with van der Waals surface area (Å²) < 4.78 is 5.55. The second-order valence-corrected chi connectivity index (χ2v) is 7.23. The van der Waals surface area contributed by atoms with Crippen LogP contribution in [0.4, 0.5) is 0 Å². The van der Waals surface area contributed by atoms with Crippen LogP contribution in [-0.2, 0) is 6.42 Å². The minimum Gasteiger partial charge on any atom is -0.422 e. The number of halogens is 1. The average Bonchev–Trinajstić information content (AvgIpc) is 3.08. The SMILES string of the molecule is O=c1oc2ccc3ccccc3c2cc1-c1nc(CCCBr)cs1. The van der Waals surface area contributed by atoms with Gasteiger partial charge in [-0.2, -0.15) is 0 Å². The molecule has 0 saturated carbocycles. The topological polar surface area (TPSA) is 43.1 Å². The van der Waals surface area contributed by atoms with Crippen LogP contribution in [0.2, 0.25) is 0 Å². The first-order valence-corrected chi connectivity index (χ1v) is 9.73. The first-order valence-electron chi connectivity index (χ1n) is 7.72. The molecule has 4 aromatic rings. The van der Waals surface area contributed by atoms with Gasteiger partial charge < -0.3 is 4.42 Å². The van der Waals surface area contributed by atoms with E-state index >= 15 is 0 Å². The molecule has 0 radical (unpaired) electrons. The van der Waals surface area contributed by atoms with Crippen molar-refractivity contribution in [3.05, 3.63) is 64.0 Å². The molecule has 2 aromatic heterocycles. The van der Waals surface area contributed by atoms with Gasteiger partial charge in [0.25, 0.3) is 0 Å². The Kier molecular flexibility index (Phi) is 4.21. The smallest absolute Gasteiger partial charge is 0.346 e. The van der Waals surface area contributed by atoms with E-state index in [2.05, 4.69) is 27.0 Å². The van der Waals surface area contributed by atoms with Crippen LogP contribution in [0.25, 0.3) is 32.3 Å². The zero-order valence-corrected chi connectivity index (χ0v) is 15.2. The number of rotatable bonds is 4. The van der Waals surface area contributed by atoms with E-state index in [4.69, 9.17) is 4.42 Å². The van der Waals surface area contributed by atoms with Crippen molar-refractivity contribution in [3.63, 3.8) is 0 Å². The number of aryl methyl sites for hydroxylation is 1. The number of aromatic nitrogens is 1. The second-order valence-electron chi connectivity index (χ2n) is 5.58. The Morgan fingerprint density at radius 1 is 1.12 bits per heavy atom. The first-order chi connectivity index (χ1) is 11.8. The van der Waals surface area contributed by atoms with E-state index in [9.17, 15) is 4.79 Å². The highest BCUT2D eigenvalue weighted by molar-refractivity contribution is 9.09. The minimum absolute atomic E-state index is 0.334. The number of alkyl halides is 1. The third-order valence-corrected chi connectivity index (χ3v) is 5.48. The number of hydrogen-bond donors (Lipinski definition) is 0. The molecule has 0 bridgehead atoms. The number of nitrogens with zero attached hydrogens (tertiary/aromatic N) is 1. The summed E-state index contributed by atoms with van der Waals surface area (Å²) in [6, 6.07) is 13.8. The molecule has 3 nitrogen and oxygen atoms in total. The van der Waals surface area contributed by atoms with E-state index in [0.29, 0.717) is 11.1 Å². The summed E-state index contributed by atoms with van der Waals surface area (Å²) in [5.41, 5.74) is 1.83. The Balaban J connectivity index is 1.89. The molecule has 0 unspecified atom stereocenters. The maximum Gasteiger partial charge on any atom is 0.346 e. The highest BCUT2D eigenvalue weighted by Crippen LogP contribution is 2.29. The van der Waals surface area contributed by atoms with Gasteiger partial charge in [-0.3, -0.25) is 0 Å². The maximum atomic E-state index is 12.4. The van der Waals surface area contributed by atoms with Gasteiger partial charge in [-0.25, -0.2) is 9.78 Å². The minimum atomic E-state index is -0.334. The van der Waals surface area contributed by atoms with E-state index in [0.717, 1.165) is 45.0 Å². The van der Waals surface area contributed by atoms with Crippen molar-refractivity contribution in [2.45, 2.75) is 12.8 Å². The summed E-state index contributed by atoms with van der Waals surface area (Å²) in [6.45, 7) is 0. The van der Waals surface area contributed by atoms with Crippen LogP contribution in [-0.4, -0.2) is 10.3 Å². The van der Waals surface area contributed by atoms with Crippen molar-refractivity contribution in [2.24, 2.45) is 0 Å². The van der Waals surface area contributed by atoms with Crippen molar-refractivity contribution in [1.82, 2.24) is 4.98 Å². The van der Waals surface area contributed by atoms with Crippen LogP contribution in [0.5, 0.6) is 0 Å². The van der Waals surface area contributed by atoms with Gasteiger partial charge in [0.1, 0.15) is 10.6 Å². The number of thiazole rings is 1. The van der Waals surface area contributed by atoms with E-state index in [-0.39, 0.29) is 5.63 Å². The standard InChI is InChI=1S/C19H14BrNO2S/c20-9-3-5-13-11-24-18(21-13)16-10-15-14-6-2-1-4-12(14)7-8-17(15)23-19(16)22/h1-2,4,6-8,10-11H,3,5,9H2. The largest absolute Gasteiger partial charge is 0.422 e. The van der Waals surface area contributed by atoms with E-state index in [1.807, 2.05) is 41.8 Å². The third kappa shape index (κ3) is 2.78. The van der Waals surface area contributed by atoms with Crippen LogP contribution in [0.15, 0.2) is 57.1 Å². The Bertz CT molecular complexity index is 1080. The molecule has 0 amide bonds. The lowest BCUT2D eigenvalue weighted by Crippen LogP contribution is -2.02. The number of hydrogen-bond acceptors (Lipinski definition) is 4. The maximum absolute atomic E-state index is 12.4. The lowest BCUT2D eigenvalue weighted by molar-refractivity contribution is 0.564. The van der Waals surface area contributed by atoms with Crippen molar-refractivity contribution in [3.8, 4) is 10.6 Å². The van der Waals surface area contributed by atoms with Gasteiger partial charge in [-0.05, 0) is 35.7 Å². The van der Waals surface area contributed by atoms with Gasteiger partial charge in [0.2, 0.25) is 0 Å². The molecular formula is C19H14BrNO2S. The molecule has 4 rings (SSSR count). The van der Waals surface area contributed by atoms with Crippen molar-refractivity contribution >= 4 is 49.0 Å². The van der Waals surface area contributed by atoms with Gasteiger partial charge in [-0.15, -0.1) is 11.3 Å². The molecule has 2 heterocycles. The molecule has 0 atom stereocenters. The zero-order chi connectivity index (χ0) is 16.5. The quantitative estimate of drug-likeness (QED) is 0.262. The van der Waals surface area contributed by atoms with E-state index < -0.39 is 0 Å². The van der Waals surface area contributed by atoms with Crippen LogP contribution in [0.3, 0.4) is 0 Å². The summed E-state index contributed by atoms with van der Waals surface area (Å²) >= 11 is 4.93. The van der Waals surface area contributed by atoms with Crippen LogP contribution >= 0.6 is 27.3 Å². The highest BCUT2D eigenvalue weighted by Gasteiger charge is 2.13. The van der Waals surface area contributed by atoms with Crippen molar-refractivity contribution in [1.29, 1.82) is 0 Å². The predicted octanol–water partition coefficient (Wildman–Crippen LogP) is 5.40. The molecular weight excluding hydrogens is 386 g/mol. The van der Waals surface area contributed by atoms with Gasteiger partial charge in [0.05, 0.1) is 11.3 Å². The van der Waals surface area contributed by atoms with Gasteiger partial charge in [0.15, 0.2) is 0 Å². The number of fused-ring (bicyclic) bond motifs is 3. The highest BCUT2D eigenvalue weighted by atomic mass is 79.9. The summed E-state index contributed by atoms with van der Waals surface area (Å²) in [6.07, 6.45) is 1.93. The predicted molar refractivity (Wildman–Crippen MR) is 103 cm³/mol. The normalized spacial score (nSPS) is 11.4. The van der Waals surface area contributed by atoms with Gasteiger partial charge in [0, 0.05) is 16.1 Å². The summed E-state index contributed by atoms with van der Waals surface area (Å²) in [4.78, 5) is 17.0. The van der Waals surface area contributed by atoms with Crippen LogP contribution in [0.1, 0.15) is 12.1 Å². The van der Waals surface area contributed by atoms with Crippen molar-refractivity contribution < 1.29 is 4.42 Å². The number of benzene rings is 2. The van der Waals surface area contributed by atoms with Gasteiger partial charge >= 0.3 is 5.63 Å². The summed E-state index contributed by atoms with van der Waals surface area (Å²) in [5, 5.41) is 6.84.